The maximum atomic E-state index is 12.6. The molecule has 1 aromatic heterocycles. The van der Waals surface area contributed by atoms with Crippen LogP contribution in [0.4, 0.5) is 5.13 Å². The summed E-state index contributed by atoms with van der Waals surface area (Å²) in [5, 5.41) is 3.29. The van der Waals surface area contributed by atoms with Crippen LogP contribution in [0.3, 0.4) is 0 Å². The van der Waals surface area contributed by atoms with Gasteiger partial charge in [0.05, 0.1) is 17.7 Å². The normalized spacial score (nSPS) is 11.8. The van der Waals surface area contributed by atoms with Gasteiger partial charge in [-0.25, -0.2) is 13.4 Å². The lowest BCUT2D eigenvalue weighted by Crippen LogP contribution is -2.30. The van der Waals surface area contributed by atoms with E-state index in [0.717, 1.165) is 27.4 Å². The number of amides is 1. The first-order chi connectivity index (χ1) is 15.8. The molecule has 0 aliphatic heterocycles. The van der Waals surface area contributed by atoms with Crippen LogP contribution in [0.5, 0.6) is 5.75 Å². The number of methoxy groups -OCH3 is 1. The van der Waals surface area contributed by atoms with Crippen molar-refractivity contribution in [2.24, 2.45) is 0 Å². The van der Waals surface area contributed by atoms with Gasteiger partial charge in [0.1, 0.15) is 5.75 Å². The van der Waals surface area contributed by atoms with Gasteiger partial charge in [0.2, 0.25) is 15.9 Å². The topological polar surface area (TPSA) is 88.6 Å². The molecule has 0 radical (unpaired) electrons. The fourth-order valence-electron chi connectivity index (χ4n) is 3.25. The van der Waals surface area contributed by atoms with E-state index in [-0.39, 0.29) is 10.8 Å². The van der Waals surface area contributed by atoms with Gasteiger partial charge in [-0.15, -0.1) is 11.3 Å². The monoisotopic (exact) mass is 485 g/mol. The summed E-state index contributed by atoms with van der Waals surface area (Å²) in [6.45, 7) is 6.39. The van der Waals surface area contributed by atoms with Crippen molar-refractivity contribution >= 4 is 38.5 Å². The number of ether oxygens (including phenoxy) is 1. The number of benzene rings is 2. The molecule has 0 fully saturated rings. The highest BCUT2D eigenvalue weighted by atomic mass is 32.2. The summed E-state index contributed by atoms with van der Waals surface area (Å²) >= 11 is 1.40. The summed E-state index contributed by atoms with van der Waals surface area (Å²) in [7, 11) is -1.88. The number of nitrogens with one attached hydrogen (secondary N) is 1. The highest BCUT2D eigenvalue weighted by Crippen LogP contribution is 2.31. The molecule has 0 saturated heterocycles. The van der Waals surface area contributed by atoms with Gasteiger partial charge >= 0.3 is 0 Å². The molecule has 0 aliphatic rings. The maximum absolute atomic E-state index is 12.6. The van der Waals surface area contributed by atoms with Crippen LogP contribution in [0.25, 0.3) is 17.3 Å². The number of nitrogens with zero attached hydrogens (tertiary/aromatic N) is 2. The predicted octanol–water partition coefficient (Wildman–Crippen LogP) is 4.81. The van der Waals surface area contributed by atoms with Gasteiger partial charge in [-0.1, -0.05) is 26.0 Å². The SMILES string of the molecule is CCN(CC)S(=O)(=O)c1ccc(C=CC(=O)Nc2nc(-c3ccc(OC)cc3)c(C)s2)cc1. The number of anilines is 1. The van der Waals surface area contributed by atoms with Crippen molar-refractivity contribution in [3.8, 4) is 17.0 Å². The number of rotatable bonds is 9. The molecule has 0 spiro atoms. The molecule has 174 valence electrons. The molecule has 0 saturated carbocycles. The van der Waals surface area contributed by atoms with Gasteiger partial charge in [0, 0.05) is 29.6 Å². The summed E-state index contributed by atoms with van der Waals surface area (Å²) in [6.07, 6.45) is 3.03. The predicted molar refractivity (Wildman–Crippen MR) is 133 cm³/mol. The molecule has 0 atom stereocenters. The Morgan fingerprint density at radius 1 is 1.09 bits per heavy atom. The molecule has 3 aromatic rings. The van der Waals surface area contributed by atoms with Gasteiger partial charge in [-0.2, -0.15) is 4.31 Å². The van der Waals surface area contributed by atoms with E-state index in [0.29, 0.717) is 18.2 Å². The first-order valence-corrected chi connectivity index (χ1v) is 12.7. The smallest absolute Gasteiger partial charge is 0.250 e. The molecule has 3 rings (SSSR count). The Morgan fingerprint density at radius 3 is 2.30 bits per heavy atom. The van der Waals surface area contributed by atoms with E-state index in [1.165, 1.54) is 21.7 Å². The minimum Gasteiger partial charge on any atom is -0.497 e. The van der Waals surface area contributed by atoms with E-state index >= 15 is 0 Å². The van der Waals surface area contributed by atoms with E-state index in [4.69, 9.17) is 4.74 Å². The number of thiazole rings is 1. The zero-order valence-electron chi connectivity index (χ0n) is 19.0. The fourth-order valence-corrected chi connectivity index (χ4v) is 5.55. The third-order valence-corrected chi connectivity index (χ3v) is 7.99. The number of carbonyl (C=O) groups is 1. The minimum atomic E-state index is -3.50. The number of hydrogen-bond donors (Lipinski definition) is 1. The van der Waals surface area contributed by atoms with Gasteiger partial charge < -0.3 is 4.74 Å². The molecule has 33 heavy (non-hydrogen) atoms. The van der Waals surface area contributed by atoms with E-state index in [1.54, 1.807) is 51.3 Å². The van der Waals surface area contributed by atoms with Crippen molar-refractivity contribution in [1.29, 1.82) is 0 Å². The Labute approximate surface area is 198 Å². The molecule has 2 aromatic carbocycles. The molecule has 7 nitrogen and oxygen atoms in total. The van der Waals surface area contributed by atoms with Crippen LogP contribution < -0.4 is 10.1 Å². The highest BCUT2D eigenvalue weighted by molar-refractivity contribution is 7.89. The minimum absolute atomic E-state index is 0.233. The summed E-state index contributed by atoms with van der Waals surface area (Å²) in [4.78, 5) is 18.1. The third kappa shape index (κ3) is 5.87. The van der Waals surface area contributed by atoms with E-state index in [2.05, 4.69) is 10.3 Å². The van der Waals surface area contributed by atoms with Crippen LogP contribution in [-0.4, -0.2) is 43.8 Å². The Bertz CT molecular complexity index is 1230. The van der Waals surface area contributed by atoms with Crippen molar-refractivity contribution in [2.75, 3.05) is 25.5 Å². The third-order valence-electron chi connectivity index (χ3n) is 5.04. The largest absolute Gasteiger partial charge is 0.497 e. The zero-order valence-corrected chi connectivity index (χ0v) is 20.7. The summed E-state index contributed by atoms with van der Waals surface area (Å²) in [6, 6.07) is 14.0. The maximum Gasteiger partial charge on any atom is 0.250 e. The average molecular weight is 486 g/mol. The quantitative estimate of drug-likeness (QED) is 0.440. The lowest BCUT2D eigenvalue weighted by atomic mass is 10.1. The molecular formula is C24H27N3O4S2. The number of aryl methyl sites for hydroxylation is 1. The number of sulfonamides is 1. The van der Waals surface area contributed by atoms with Crippen LogP contribution in [0, 0.1) is 6.92 Å². The Morgan fingerprint density at radius 2 is 1.73 bits per heavy atom. The molecule has 0 bridgehead atoms. The highest BCUT2D eigenvalue weighted by Gasteiger charge is 2.21. The van der Waals surface area contributed by atoms with Crippen molar-refractivity contribution in [3.63, 3.8) is 0 Å². The second kappa shape index (κ2) is 10.7. The molecule has 1 N–H and O–H groups in total. The molecule has 1 heterocycles. The lowest BCUT2D eigenvalue weighted by Gasteiger charge is -2.18. The summed E-state index contributed by atoms with van der Waals surface area (Å²) in [5.74, 6) is 0.453. The summed E-state index contributed by atoms with van der Waals surface area (Å²) in [5.41, 5.74) is 2.48. The van der Waals surface area contributed by atoms with Crippen LogP contribution in [-0.2, 0) is 14.8 Å². The van der Waals surface area contributed by atoms with Crippen molar-refractivity contribution in [1.82, 2.24) is 9.29 Å². The zero-order chi connectivity index (χ0) is 24.0. The van der Waals surface area contributed by atoms with Gasteiger partial charge in [-0.05, 0) is 55.0 Å². The standard InChI is InChI=1S/C24H27N3O4S2/c1-5-27(6-2)33(29,30)21-14-7-18(8-15-21)9-16-22(28)25-24-26-23(17(3)32-24)19-10-12-20(31-4)13-11-19/h7-16H,5-6H2,1-4H3,(H,25,26,28). The van der Waals surface area contributed by atoms with Crippen LogP contribution >= 0.6 is 11.3 Å². The Hall–Kier alpha value is -3.01. The number of aromatic nitrogens is 1. The number of hydrogen-bond acceptors (Lipinski definition) is 6. The molecule has 1 amide bonds. The van der Waals surface area contributed by atoms with Gasteiger partial charge in [-0.3, -0.25) is 10.1 Å². The molecule has 0 aliphatic carbocycles. The Balaban J connectivity index is 1.67. The van der Waals surface area contributed by atoms with Crippen molar-refractivity contribution < 1.29 is 17.9 Å². The van der Waals surface area contributed by atoms with E-state index in [1.807, 2.05) is 31.2 Å². The second-order valence-electron chi connectivity index (χ2n) is 7.13. The molecular weight excluding hydrogens is 458 g/mol. The summed E-state index contributed by atoms with van der Waals surface area (Å²) < 4.78 is 31.7. The number of carbonyl (C=O) groups excluding carboxylic acids is 1. The van der Waals surface area contributed by atoms with Crippen LogP contribution in [0.15, 0.2) is 59.5 Å². The van der Waals surface area contributed by atoms with Crippen LogP contribution in [0.2, 0.25) is 0 Å². The van der Waals surface area contributed by atoms with Gasteiger partial charge in [0.15, 0.2) is 5.13 Å². The Kier molecular flexibility index (Phi) is 8.01. The second-order valence-corrected chi connectivity index (χ2v) is 10.3. The first-order valence-electron chi connectivity index (χ1n) is 10.5. The van der Waals surface area contributed by atoms with Gasteiger partial charge in [0.25, 0.3) is 0 Å². The van der Waals surface area contributed by atoms with Crippen molar-refractivity contribution in [2.45, 2.75) is 25.7 Å². The van der Waals surface area contributed by atoms with Crippen LogP contribution in [0.1, 0.15) is 24.3 Å². The average Bonchev–Trinajstić information content (AvgIpc) is 3.18. The van der Waals surface area contributed by atoms with E-state index in [9.17, 15) is 13.2 Å². The van der Waals surface area contributed by atoms with E-state index < -0.39 is 10.0 Å². The fraction of sp³-hybridized carbons (Fsp3) is 0.250. The first kappa shape index (κ1) is 24.6. The molecule has 0 unspecified atom stereocenters. The van der Waals surface area contributed by atoms with Crippen molar-refractivity contribution in [3.05, 3.63) is 65.0 Å². The lowest BCUT2D eigenvalue weighted by molar-refractivity contribution is -0.111. The molecule has 9 heteroatoms.